The molecule has 1 atom stereocenters. The molecule has 2 rings (SSSR count). The fourth-order valence-corrected chi connectivity index (χ4v) is 2.39. The molecule has 1 heterocycles. The third-order valence-electron chi connectivity index (χ3n) is 3.70. The van der Waals surface area contributed by atoms with Crippen molar-refractivity contribution in [1.29, 1.82) is 0 Å². The number of aliphatic hydroxyl groups excluding tert-OH is 1. The number of benzene rings is 1. The Morgan fingerprint density at radius 1 is 1.44 bits per heavy atom. The lowest BCUT2D eigenvalue weighted by Crippen LogP contribution is -2.38. The van der Waals surface area contributed by atoms with E-state index in [2.05, 4.69) is 0 Å². The van der Waals surface area contributed by atoms with E-state index in [9.17, 15) is 9.59 Å². The molecule has 0 unspecified atom stereocenters. The van der Waals surface area contributed by atoms with E-state index in [1.807, 2.05) is 19.1 Å². The third kappa shape index (κ3) is 1.82. The highest BCUT2D eigenvalue weighted by Crippen LogP contribution is 2.35. The first-order valence-corrected chi connectivity index (χ1v) is 6.01. The summed E-state index contributed by atoms with van der Waals surface area (Å²) in [5.74, 6) is -0.431. The molecular weight excluding hydrogens is 230 g/mol. The Labute approximate surface area is 106 Å². The van der Waals surface area contributed by atoms with Crippen molar-refractivity contribution in [1.82, 2.24) is 4.90 Å². The second-order valence-corrected chi connectivity index (χ2v) is 4.94. The van der Waals surface area contributed by atoms with Crippen molar-refractivity contribution in [3.63, 3.8) is 0 Å². The number of carbonyl (C=O) groups excluding carboxylic acids is 2. The highest BCUT2D eigenvalue weighted by atomic mass is 16.3. The Morgan fingerprint density at radius 3 is 2.67 bits per heavy atom. The summed E-state index contributed by atoms with van der Waals surface area (Å²) >= 11 is 0. The van der Waals surface area contributed by atoms with Crippen molar-refractivity contribution in [3.8, 4) is 0 Å². The second-order valence-electron chi connectivity index (χ2n) is 4.94. The largest absolute Gasteiger partial charge is 0.376 e. The van der Waals surface area contributed by atoms with Gasteiger partial charge >= 0.3 is 0 Å². The lowest BCUT2D eigenvalue weighted by molar-refractivity contribution is -0.136. The van der Waals surface area contributed by atoms with E-state index in [1.54, 1.807) is 19.1 Å². The Kier molecular flexibility index (Phi) is 3.22. The van der Waals surface area contributed by atoms with Crippen molar-refractivity contribution in [2.75, 3.05) is 13.3 Å². The molecule has 0 aliphatic carbocycles. The zero-order valence-electron chi connectivity index (χ0n) is 10.6. The fourth-order valence-electron chi connectivity index (χ4n) is 2.39. The molecule has 1 saturated heterocycles. The van der Waals surface area contributed by atoms with Crippen LogP contribution >= 0.6 is 0 Å². The summed E-state index contributed by atoms with van der Waals surface area (Å²) in [4.78, 5) is 26.0. The summed E-state index contributed by atoms with van der Waals surface area (Å²) in [5, 5.41) is 9.07. The lowest BCUT2D eigenvalue weighted by atomic mass is 9.80. The average Bonchev–Trinajstić information content (AvgIpc) is 2.67. The third-order valence-corrected chi connectivity index (χ3v) is 3.70. The summed E-state index contributed by atoms with van der Waals surface area (Å²) in [6.45, 7) is 3.64. The second kappa shape index (κ2) is 4.53. The molecule has 4 nitrogen and oxygen atoms in total. The van der Waals surface area contributed by atoms with Crippen LogP contribution in [0.3, 0.4) is 0 Å². The van der Waals surface area contributed by atoms with Crippen LogP contribution in [-0.4, -0.2) is 35.0 Å². The van der Waals surface area contributed by atoms with E-state index in [0.717, 1.165) is 5.56 Å². The Hall–Kier alpha value is -1.68. The van der Waals surface area contributed by atoms with Crippen molar-refractivity contribution in [3.05, 3.63) is 35.4 Å². The van der Waals surface area contributed by atoms with E-state index >= 15 is 0 Å². The van der Waals surface area contributed by atoms with Crippen molar-refractivity contribution in [2.24, 2.45) is 5.41 Å². The molecule has 1 aliphatic heterocycles. The number of ketones is 1. The average molecular weight is 247 g/mol. The minimum Gasteiger partial charge on any atom is -0.376 e. The molecule has 0 bridgehead atoms. The van der Waals surface area contributed by atoms with Crippen molar-refractivity contribution in [2.45, 2.75) is 20.3 Å². The lowest BCUT2D eigenvalue weighted by Gasteiger charge is -2.22. The minimum absolute atomic E-state index is 0.151. The van der Waals surface area contributed by atoms with Gasteiger partial charge in [0.15, 0.2) is 5.78 Å². The van der Waals surface area contributed by atoms with E-state index < -0.39 is 5.41 Å². The molecule has 4 heteroatoms. The number of amides is 1. The number of nitrogens with zero attached hydrogens (tertiary/aromatic N) is 1. The van der Waals surface area contributed by atoms with Crippen LogP contribution in [0.25, 0.3) is 0 Å². The topological polar surface area (TPSA) is 57.6 Å². The summed E-state index contributed by atoms with van der Waals surface area (Å²) in [5.41, 5.74) is 0.432. The van der Waals surface area contributed by atoms with Crippen LogP contribution in [0.5, 0.6) is 0 Å². The first-order chi connectivity index (χ1) is 8.50. The van der Waals surface area contributed by atoms with Crippen LogP contribution in [0.1, 0.15) is 29.3 Å². The molecule has 18 heavy (non-hydrogen) atoms. The highest BCUT2D eigenvalue weighted by molar-refractivity contribution is 6.15. The molecule has 0 aromatic heterocycles. The number of aliphatic hydroxyl groups is 1. The minimum atomic E-state index is -1.03. The number of carbonyl (C=O) groups is 2. The Balaban J connectivity index is 2.35. The molecule has 1 fully saturated rings. The van der Waals surface area contributed by atoms with Gasteiger partial charge in [-0.2, -0.15) is 0 Å². The SMILES string of the molecule is Cc1ccccc1C(=O)[C@]1(C)CCN(CO)C1=O. The van der Waals surface area contributed by atoms with Crippen LogP contribution in [-0.2, 0) is 4.79 Å². The molecule has 1 aromatic rings. The van der Waals surface area contributed by atoms with Gasteiger partial charge in [0.05, 0.1) is 0 Å². The van der Waals surface area contributed by atoms with E-state index in [0.29, 0.717) is 18.5 Å². The zero-order valence-corrected chi connectivity index (χ0v) is 10.6. The van der Waals surface area contributed by atoms with Gasteiger partial charge in [-0.15, -0.1) is 0 Å². The van der Waals surface area contributed by atoms with Gasteiger partial charge in [-0.05, 0) is 25.8 Å². The van der Waals surface area contributed by atoms with Crippen LogP contribution < -0.4 is 0 Å². The number of aryl methyl sites for hydroxylation is 1. The number of rotatable bonds is 3. The van der Waals surface area contributed by atoms with Crippen molar-refractivity contribution >= 4 is 11.7 Å². The Morgan fingerprint density at radius 2 is 2.11 bits per heavy atom. The maximum Gasteiger partial charge on any atom is 0.238 e. The molecule has 0 radical (unpaired) electrons. The number of likely N-dealkylation sites (tertiary alicyclic amines) is 1. The summed E-state index contributed by atoms with van der Waals surface area (Å²) < 4.78 is 0. The molecule has 1 aliphatic rings. The van der Waals surface area contributed by atoms with Gasteiger partial charge in [0.1, 0.15) is 12.1 Å². The van der Waals surface area contributed by atoms with Gasteiger partial charge in [0, 0.05) is 12.1 Å². The molecule has 96 valence electrons. The van der Waals surface area contributed by atoms with E-state index in [-0.39, 0.29) is 18.4 Å². The Bertz CT molecular complexity index is 498. The monoisotopic (exact) mass is 247 g/mol. The van der Waals surface area contributed by atoms with Gasteiger partial charge < -0.3 is 10.0 Å². The predicted molar refractivity (Wildman–Crippen MR) is 67.0 cm³/mol. The fraction of sp³-hybridized carbons (Fsp3) is 0.429. The molecule has 1 aromatic carbocycles. The van der Waals surface area contributed by atoms with Gasteiger partial charge in [-0.3, -0.25) is 9.59 Å². The molecule has 0 spiro atoms. The smallest absolute Gasteiger partial charge is 0.238 e. The van der Waals surface area contributed by atoms with Gasteiger partial charge in [0.2, 0.25) is 5.91 Å². The highest BCUT2D eigenvalue weighted by Gasteiger charge is 2.48. The maximum atomic E-state index is 12.5. The molecule has 1 N–H and O–H groups in total. The first kappa shape index (κ1) is 12.8. The summed E-state index contributed by atoms with van der Waals surface area (Å²) in [7, 11) is 0. The summed E-state index contributed by atoms with van der Waals surface area (Å²) in [6.07, 6.45) is 0.458. The van der Waals surface area contributed by atoms with Gasteiger partial charge in [0.25, 0.3) is 0 Å². The van der Waals surface area contributed by atoms with Gasteiger partial charge in [-0.25, -0.2) is 0 Å². The maximum absolute atomic E-state index is 12.5. The molecular formula is C14H17NO3. The quantitative estimate of drug-likeness (QED) is 0.648. The predicted octanol–water partition coefficient (Wildman–Crippen LogP) is 1.37. The first-order valence-electron chi connectivity index (χ1n) is 6.01. The summed E-state index contributed by atoms with van der Waals surface area (Å²) in [6, 6.07) is 7.27. The van der Waals surface area contributed by atoms with Crippen LogP contribution in [0.15, 0.2) is 24.3 Å². The van der Waals surface area contributed by atoms with Crippen LogP contribution in [0.4, 0.5) is 0 Å². The number of hydrogen-bond donors (Lipinski definition) is 1. The molecule has 0 saturated carbocycles. The van der Waals surface area contributed by atoms with Crippen LogP contribution in [0, 0.1) is 12.3 Å². The van der Waals surface area contributed by atoms with E-state index in [1.165, 1.54) is 4.90 Å². The number of Topliss-reactive ketones (excluding diaryl/α,β-unsaturated/α-hetero) is 1. The van der Waals surface area contributed by atoms with Crippen LogP contribution in [0.2, 0.25) is 0 Å². The van der Waals surface area contributed by atoms with Crippen molar-refractivity contribution < 1.29 is 14.7 Å². The van der Waals surface area contributed by atoms with Gasteiger partial charge in [-0.1, -0.05) is 24.3 Å². The normalized spacial score (nSPS) is 23.5. The molecule has 1 amide bonds. The van der Waals surface area contributed by atoms with E-state index in [4.69, 9.17) is 5.11 Å². The zero-order chi connectivity index (χ0) is 13.3. The standard InChI is InChI=1S/C14H17NO3/c1-10-5-3-4-6-11(10)12(17)14(2)7-8-15(9-16)13(14)18/h3-6,16H,7-9H2,1-2H3/t14-/m0/s1. The number of hydrogen-bond acceptors (Lipinski definition) is 3.